The summed E-state index contributed by atoms with van der Waals surface area (Å²) in [6.07, 6.45) is 6.16. The molecule has 0 aliphatic heterocycles. The molecule has 1 fully saturated rings. The molecule has 4 unspecified atom stereocenters. The average Bonchev–Trinajstić information content (AvgIpc) is 2.87. The molecule has 1 aliphatic rings. The highest BCUT2D eigenvalue weighted by Gasteiger charge is 2.25. The molecule has 19 heavy (non-hydrogen) atoms. The molecule has 1 saturated carbocycles. The van der Waals surface area contributed by atoms with Crippen LogP contribution in [-0.2, 0) is 11.3 Å². The highest BCUT2D eigenvalue weighted by molar-refractivity contribution is 4.97. The van der Waals surface area contributed by atoms with Gasteiger partial charge in [0.05, 0.1) is 25.0 Å². The zero-order valence-corrected chi connectivity index (χ0v) is 12.4. The Labute approximate surface area is 116 Å². The van der Waals surface area contributed by atoms with Gasteiger partial charge in [-0.3, -0.25) is 0 Å². The van der Waals surface area contributed by atoms with Crippen LogP contribution in [0.5, 0.6) is 0 Å². The number of ether oxygens (including phenoxy) is 1. The molecule has 1 aromatic rings. The highest BCUT2D eigenvalue weighted by Crippen LogP contribution is 2.31. The van der Waals surface area contributed by atoms with Crippen molar-refractivity contribution in [2.45, 2.75) is 58.8 Å². The Balaban J connectivity index is 1.62. The monoisotopic (exact) mass is 265 g/mol. The van der Waals surface area contributed by atoms with Crippen LogP contribution < -0.4 is 5.32 Å². The summed E-state index contributed by atoms with van der Waals surface area (Å²) in [5.41, 5.74) is 0. The summed E-state index contributed by atoms with van der Waals surface area (Å²) in [5, 5.41) is 3.38. The van der Waals surface area contributed by atoms with Crippen molar-refractivity contribution >= 4 is 0 Å². The SMILES string of the molecule is CC(CNCc1ccco1)OC1CCC(C)C(C)C1. The largest absolute Gasteiger partial charge is 0.468 e. The molecule has 0 radical (unpaired) electrons. The molecule has 4 atom stereocenters. The topological polar surface area (TPSA) is 34.4 Å². The van der Waals surface area contributed by atoms with Crippen LogP contribution in [0.4, 0.5) is 0 Å². The summed E-state index contributed by atoms with van der Waals surface area (Å²) in [5.74, 6) is 2.63. The number of rotatable bonds is 6. The van der Waals surface area contributed by atoms with Crippen LogP contribution in [0.15, 0.2) is 22.8 Å². The van der Waals surface area contributed by atoms with Crippen molar-refractivity contribution in [2.75, 3.05) is 6.54 Å². The maximum atomic E-state index is 6.14. The Kier molecular flexibility index (Phi) is 5.46. The second-order valence-electron chi connectivity index (χ2n) is 6.05. The van der Waals surface area contributed by atoms with Crippen LogP contribution in [0.1, 0.15) is 45.8 Å². The van der Waals surface area contributed by atoms with Crippen LogP contribution >= 0.6 is 0 Å². The van der Waals surface area contributed by atoms with Gasteiger partial charge in [0, 0.05) is 6.54 Å². The van der Waals surface area contributed by atoms with E-state index in [1.165, 1.54) is 19.3 Å². The minimum Gasteiger partial charge on any atom is -0.468 e. The van der Waals surface area contributed by atoms with E-state index in [0.717, 1.165) is 30.7 Å². The van der Waals surface area contributed by atoms with E-state index in [2.05, 4.69) is 26.1 Å². The first-order chi connectivity index (χ1) is 9.15. The maximum Gasteiger partial charge on any atom is 0.117 e. The molecule has 0 bridgehead atoms. The van der Waals surface area contributed by atoms with E-state index < -0.39 is 0 Å². The van der Waals surface area contributed by atoms with Crippen LogP contribution in [0.2, 0.25) is 0 Å². The van der Waals surface area contributed by atoms with Gasteiger partial charge in [0.15, 0.2) is 0 Å². The zero-order valence-electron chi connectivity index (χ0n) is 12.4. The Hall–Kier alpha value is -0.800. The highest BCUT2D eigenvalue weighted by atomic mass is 16.5. The smallest absolute Gasteiger partial charge is 0.117 e. The van der Waals surface area contributed by atoms with Crippen molar-refractivity contribution in [1.29, 1.82) is 0 Å². The molecular weight excluding hydrogens is 238 g/mol. The molecule has 2 rings (SSSR count). The van der Waals surface area contributed by atoms with Gasteiger partial charge < -0.3 is 14.5 Å². The van der Waals surface area contributed by atoms with E-state index in [1.807, 2.05) is 12.1 Å². The van der Waals surface area contributed by atoms with Gasteiger partial charge >= 0.3 is 0 Å². The van der Waals surface area contributed by atoms with Gasteiger partial charge in [0.1, 0.15) is 5.76 Å². The molecule has 0 spiro atoms. The summed E-state index contributed by atoms with van der Waals surface area (Å²) in [6.45, 7) is 8.51. The molecule has 1 N–H and O–H groups in total. The first-order valence-electron chi connectivity index (χ1n) is 7.53. The van der Waals surface area contributed by atoms with Crippen molar-refractivity contribution in [3.8, 4) is 0 Å². The summed E-state index contributed by atoms with van der Waals surface area (Å²) in [7, 11) is 0. The van der Waals surface area contributed by atoms with Crippen molar-refractivity contribution in [1.82, 2.24) is 5.32 Å². The quantitative estimate of drug-likeness (QED) is 0.853. The molecule has 1 aromatic heterocycles. The lowest BCUT2D eigenvalue weighted by Gasteiger charge is -2.33. The molecule has 1 heterocycles. The summed E-state index contributed by atoms with van der Waals surface area (Å²) in [4.78, 5) is 0. The van der Waals surface area contributed by atoms with Crippen molar-refractivity contribution in [3.05, 3.63) is 24.2 Å². The lowest BCUT2D eigenvalue weighted by atomic mass is 9.80. The zero-order chi connectivity index (χ0) is 13.7. The van der Waals surface area contributed by atoms with Gasteiger partial charge in [0.25, 0.3) is 0 Å². The maximum absolute atomic E-state index is 6.14. The van der Waals surface area contributed by atoms with Gasteiger partial charge in [-0.25, -0.2) is 0 Å². The Morgan fingerprint density at radius 1 is 1.37 bits per heavy atom. The number of hydrogen-bond acceptors (Lipinski definition) is 3. The van der Waals surface area contributed by atoms with Crippen molar-refractivity contribution < 1.29 is 9.15 Å². The fourth-order valence-electron chi connectivity index (χ4n) is 2.81. The van der Waals surface area contributed by atoms with Gasteiger partial charge in [-0.2, -0.15) is 0 Å². The molecule has 1 aliphatic carbocycles. The van der Waals surface area contributed by atoms with E-state index in [9.17, 15) is 0 Å². The first kappa shape index (κ1) is 14.6. The Morgan fingerprint density at radius 2 is 2.21 bits per heavy atom. The summed E-state index contributed by atoms with van der Waals surface area (Å²) in [6, 6.07) is 3.91. The van der Waals surface area contributed by atoms with Crippen molar-refractivity contribution in [2.24, 2.45) is 11.8 Å². The fraction of sp³-hybridized carbons (Fsp3) is 0.750. The van der Waals surface area contributed by atoms with E-state index in [4.69, 9.17) is 9.15 Å². The van der Waals surface area contributed by atoms with Crippen LogP contribution in [-0.4, -0.2) is 18.8 Å². The molecule has 0 aromatic carbocycles. The summed E-state index contributed by atoms with van der Waals surface area (Å²) >= 11 is 0. The van der Waals surface area contributed by atoms with Crippen LogP contribution in [0, 0.1) is 11.8 Å². The minimum absolute atomic E-state index is 0.264. The molecule has 108 valence electrons. The molecular formula is C16H27NO2. The summed E-state index contributed by atoms with van der Waals surface area (Å²) < 4.78 is 11.4. The second-order valence-corrected chi connectivity index (χ2v) is 6.05. The number of hydrogen-bond donors (Lipinski definition) is 1. The molecule has 0 amide bonds. The Morgan fingerprint density at radius 3 is 2.89 bits per heavy atom. The molecule has 3 heteroatoms. The van der Waals surface area contributed by atoms with E-state index >= 15 is 0 Å². The predicted molar refractivity (Wildman–Crippen MR) is 76.9 cm³/mol. The third-order valence-electron chi connectivity index (χ3n) is 4.29. The standard InChI is InChI=1S/C16H27NO2/c1-12-6-7-15(9-13(12)2)19-14(3)10-17-11-16-5-4-8-18-16/h4-5,8,12-15,17H,6-7,9-11H2,1-3H3. The van der Waals surface area contributed by atoms with Crippen LogP contribution in [0.3, 0.4) is 0 Å². The molecule has 0 saturated heterocycles. The second kappa shape index (κ2) is 7.11. The van der Waals surface area contributed by atoms with Gasteiger partial charge in [-0.15, -0.1) is 0 Å². The van der Waals surface area contributed by atoms with Crippen LogP contribution in [0.25, 0.3) is 0 Å². The number of nitrogens with one attached hydrogen (secondary N) is 1. The number of furan rings is 1. The lowest BCUT2D eigenvalue weighted by molar-refractivity contribution is -0.0385. The van der Waals surface area contributed by atoms with E-state index in [1.54, 1.807) is 6.26 Å². The third kappa shape index (κ3) is 4.66. The van der Waals surface area contributed by atoms with E-state index in [0.29, 0.717) is 6.10 Å². The van der Waals surface area contributed by atoms with E-state index in [-0.39, 0.29) is 6.10 Å². The fourth-order valence-corrected chi connectivity index (χ4v) is 2.81. The first-order valence-corrected chi connectivity index (χ1v) is 7.53. The lowest BCUT2D eigenvalue weighted by Crippen LogP contribution is -2.34. The predicted octanol–water partition coefficient (Wildman–Crippen LogP) is 3.60. The molecule has 3 nitrogen and oxygen atoms in total. The van der Waals surface area contributed by atoms with Crippen molar-refractivity contribution in [3.63, 3.8) is 0 Å². The average molecular weight is 265 g/mol. The van der Waals surface area contributed by atoms with Gasteiger partial charge in [0.2, 0.25) is 0 Å². The third-order valence-corrected chi connectivity index (χ3v) is 4.29. The van der Waals surface area contributed by atoms with Gasteiger partial charge in [-0.05, 0) is 50.2 Å². The Bertz CT molecular complexity index is 350. The normalized spacial score (nSPS) is 29.3. The van der Waals surface area contributed by atoms with Gasteiger partial charge in [-0.1, -0.05) is 13.8 Å². The minimum atomic E-state index is 0.264.